The number of nitrogens with zero attached hydrogens (tertiary/aromatic N) is 4. The molecule has 0 bridgehead atoms. The van der Waals surface area contributed by atoms with Crippen molar-refractivity contribution in [2.75, 3.05) is 17.7 Å². The SMILES string of the molecule is COc1ccc(-c2nc3n(n2)C(c2ccc(Cl)cc2)C(C(=O)Nc2cccnc2)=C(C)N3)cc1. The van der Waals surface area contributed by atoms with Gasteiger partial charge in [0, 0.05) is 22.5 Å². The lowest BCUT2D eigenvalue weighted by atomic mass is 9.95. The molecule has 0 spiro atoms. The monoisotopic (exact) mass is 472 g/mol. The number of carbonyl (C=O) groups is 1. The lowest BCUT2D eigenvalue weighted by Gasteiger charge is -2.28. The Balaban J connectivity index is 1.58. The maximum Gasteiger partial charge on any atom is 0.255 e. The molecule has 0 fully saturated rings. The molecular formula is C25H21ClN6O2. The molecule has 8 nitrogen and oxygen atoms in total. The Kier molecular flexibility index (Phi) is 5.73. The number of pyridine rings is 1. The van der Waals surface area contributed by atoms with Crippen molar-refractivity contribution < 1.29 is 9.53 Å². The van der Waals surface area contributed by atoms with E-state index in [9.17, 15) is 4.79 Å². The molecule has 9 heteroatoms. The van der Waals surface area contributed by atoms with E-state index in [1.54, 1.807) is 48.5 Å². The normalized spacial score (nSPS) is 14.9. The van der Waals surface area contributed by atoms with E-state index < -0.39 is 6.04 Å². The van der Waals surface area contributed by atoms with Crippen molar-refractivity contribution in [3.8, 4) is 17.1 Å². The van der Waals surface area contributed by atoms with Gasteiger partial charge in [0.2, 0.25) is 5.95 Å². The summed E-state index contributed by atoms with van der Waals surface area (Å²) in [5.74, 6) is 1.56. The first-order valence-electron chi connectivity index (χ1n) is 10.6. The fourth-order valence-corrected chi connectivity index (χ4v) is 4.02. The van der Waals surface area contributed by atoms with Crippen LogP contribution in [-0.4, -0.2) is 32.8 Å². The van der Waals surface area contributed by atoms with Gasteiger partial charge in [-0.25, -0.2) is 4.68 Å². The Bertz CT molecular complexity index is 1370. The number of hydrogen-bond acceptors (Lipinski definition) is 6. The highest BCUT2D eigenvalue weighted by atomic mass is 35.5. The summed E-state index contributed by atoms with van der Waals surface area (Å²) in [6.45, 7) is 1.85. The van der Waals surface area contributed by atoms with Crippen LogP contribution in [0, 0.1) is 0 Å². The molecule has 3 heterocycles. The van der Waals surface area contributed by atoms with E-state index in [-0.39, 0.29) is 5.91 Å². The van der Waals surface area contributed by atoms with Gasteiger partial charge in [0.25, 0.3) is 5.91 Å². The summed E-state index contributed by atoms with van der Waals surface area (Å²) in [6, 6.07) is 17.9. The molecule has 5 rings (SSSR count). The first-order valence-corrected chi connectivity index (χ1v) is 11.0. The van der Waals surface area contributed by atoms with Gasteiger partial charge in [-0.15, -0.1) is 5.10 Å². The van der Waals surface area contributed by atoms with Gasteiger partial charge in [-0.1, -0.05) is 23.7 Å². The predicted octanol–water partition coefficient (Wildman–Crippen LogP) is 4.93. The smallest absolute Gasteiger partial charge is 0.255 e. The fraction of sp³-hybridized carbons (Fsp3) is 0.120. The number of amides is 1. The first-order chi connectivity index (χ1) is 16.5. The van der Waals surface area contributed by atoms with Crippen LogP contribution >= 0.6 is 11.6 Å². The van der Waals surface area contributed by atoms with Gasteiger partial charge < -0.3 is 15.4 Å². The van der Waals surface area contributed by atoms with Crippen LogP contribution in [0.4, 0.5) is 11.6 Å². The first kappa shape index (κ1) is 21.7. The molecule has 1 amide bonds. The van der Waals surface area contributed by atoms with E-state index in [0.717, 1.165) is 16.9 Å². The van der Waals surface area contributed by atoms with Crippen molar-refractivity contribution in [1.29, 1.82) is 0 Å². The molecule has 1 aliphatic heterocycles. The van der Waals surface area contributed by atoms with Crippen LogP contribution in [0.1, 0.15) is 18.5 Å². The Morgan fingerprint density at radius 1 is 1.12 bits per heavy atom. The minimum Gasteiger partial charge on any atom is -0.497 e. The molecule has 0 aliphatic carbocycles. The third kappa shape index (κ3) is 4.11. The van der Waals surface area contributed by atoms with Crippen LogP contribution in [0.15, 0.2) is 84.3 Å². The molecule has 0 radical (unpaired) electrons. The number of fused-ring (bicyclic) bond motifs is 1. The van der Waals surface area contributed by atoms with Gasteiger partial charge in [0.15, 0.2) is 5.82 Å². The molecule has 4 aromatic rings. The van der Waals surface area contributed by atoms with Crippen molar-refractivity contribution in [1.82, 2.24) is 19.7 Å². The highest BCUT2D eigenvalue weighted by molar-refractivity contribution is 6.30. The van der Waals surface area contributed by atoms with Gasteiger partial charge >= 0.3 is 0 Å². The van der Waals surface area contributed by atoms with Crippen LogP contribution < -0.4 is 15.4 Å². The van der Waals surface area contributed by atoms with Crippen molar-refractivity contribution in [3.63, 3.8) is 0 Å². The second-order valence-corrected chi connectivity index (χ2v) is 8.18. The summed E-state index contributed by atoms with van der Waals surface area (Å²) in [4.78, 5) is 22.2. The van der Waals surface area contributed by atoms with Gasteiger partial charge in [-0.05, 0) is 61.0 Å². The highest BCUT2D eigenvalue weighted by Gasteiger charge is 2.34. The number of ether oxygens (including phenoxy) is 1. The van der Waals surface area contributed by atoms with Crippen molar-refractivity contribution in [3.05, 3.63) is 94.9 Å². The third-order valence-corrected chi connectivity index (χ3v) is 5.80. The number of rotatable bonds is 5. The predicted molar refractivity (Wildman–Crippen MR) is 131 cm³/mol. The number of hydrogen-bond donors (Lipinski definition) is 2. The van der Waals surface area contributed by atoms with Crippen LogP contribution in [0.5, 0.6) is 5.75 Å². The summed E-state index contributed by atoms with van der Waals surface area (Å²) in [7, 11) is 1.62. The van der Waals surface area contributed by atoms with E-state index in [0.29, 0.717) is 33.8 Å². The van der Waals surface area contributed by atoms with Crippen LogP contribution in [0.2, 0.25) is 5.02 Å². The second-order valence-electron chi connectivity index (χ2n) is 7.75. The molecule has 2 N–H and O–H groups in total. The van der Waals surface area contributed by atoms with Gasteiger partial charge in [0.05, 0.1) is 24.6 Å². The van der Waals surface area contributed by atoms with Crippen LogP contribution in [0.3, 0.4) is 0 Å². The van der Waals surface area contributed by atoms with E-state index in [1.807, 2.05) is 43.3 Å². The van der Waals surface area contributed by atoms with Crippen LogP contribution in [-0.2, 0) is 4.79 Å². The Hall–Kier alpha value is -4.17. The molecule has 2 aromatic carbocycles. The molecule has 170 valence electrons. The standard InChI is InChI=1S/C25H21ClN6O2/c1-15-21(24(33)29-19-4-3-13-27-14-19)22(16-5-9-18(26)10-6-16)32-25(28-15)30-23(31-32)17-7-11-20(34-2)12-8-17/h3-14,22H,1-2H3,(H,29,33)(H,28,30,31). The summed E-state index contributed by atoms with van der Waals surface area (Å²) in [5, 5.41) is 11.6. The van der Waals surface area contributed by atoms with E-state index in [4.69, 9.17) is 26.4 Å². The minimum atomic E-state index is -0.510. The zero-order chi connectivity index (χ0) is 23.7. The average Bonchev–Trinajstić information content (AvgIpc) is 3.28. The summed E-state index contributed by atoms with van der Waals surface area (Å²) < 4.78 is 6.98. The summed E-state index contributed by atoms with van der Waals surface area (Å²) >= 11 is 6.14. The van der Waals surface area contributed by atoms with Gasteiger partial charge in [-0.2, -0.15) is 4.98 Å². The van der Waals surface area contributed by atoms with E-state index >= 15 is 0 Å². The molecule has 0 saturated heterocycles. The number of allylic oxidation sites excluding steroid dienone is 1. The number of methoxy groups -OCH3 is 1. The largest absolute Gasteiger partial charge is 0.497 e. The number of halogens is 1. The zero-order valence-electron chi connectivity index (χ0n) is 18.5. The maximum absolute atomic E-state index is 13.4. The molecule has 1 atom stereocenters. The molecule has 1 unspecified atom stereocenters. The highest BCUT2D eigenvalue weighted by Crippen LogP contribution is 2.37. The van der Waals surface area contributed by atoms with Crippen molar-refractivity contribution in [2.45, 2.75) is 13.0 Å². The van der Waals surface area contributed by atoms with Gasteiger partial charge in [0.1, 0.15) is 11.8 Å². The number of aromatic nitrogens is 4. The number of carbonyl (C=O) groups excluding carboxylic acids is 1. The quantitative estimate of drug-likeness (QED) is 0.427. The number of anilines is 2. The number of nitrogens with one attached hydrogen (secondary N) is 2. The minimum absolute atomic E-state index is 0.259. The lowest BCUT2D eigenvalue weighted by molar-refractivity contribution is -0.113. The van der Waals surface area contributed by atoms with Crippen LogP contribution in [0.25, 0.3) is 11.4 Å². The third-order valence-electron chi connectivity index (χ3n) is 5.55. The molecular weight excluding hydrogens is 452 g/mol. The summed E-state index contributed by atoms with van der Waals surface area (Å²) in [6.07, 6.45) is 3.26. The lowest BCUT2D eigenvalue weighted by Crippen LogP contribution is -2.31. The average molecular weight is 473 g/mol. The second kappa shape index (κ2) is 8.99. The summed E-state index contributed by atoms with van der Waals surface area (Å²) in [5.41, 5.74) is 3.49. The molecule has 2 aromatic heterocycles. The van der Waals surface area contributed by atoms with E-state index in [2.05, 4.69) is 15.6 Å². The molecule has 1 aliphatic rings. The zero-order valence-corrected chi connectivity index (χ0v) is 19.2. The Labute approximate surface area is 201 Å². The van der Waals surface area contributed by atoms with Gasteiger partial charge in [-0.3, -0.25) is 9.78 Å². The van der Waals surface area contributed by atoms with Crippen molar-refractivity contribution in [2.24, 2.45) is 0 Å². The maximum atomic E-state index is 13.4. The molecule has 0 saturated carbocycles. The number of benzene rings is 2. The Morgan fingerprint density at radius 2 is 1.88 bits per heavy atom. The molecule has 34 heavy (non-hydrogen) atoms. The van der Waals surface area contributed by atoms with Crippen molar-refractivity contribution >= 4 is 29.1 Å². The fourth-order valence-electron chi connectivity index (χ4n) is 3.90. The topological polar surface area (TPSA) is 94.0 Å². The van der Waals surface area contributed by atoms with E-state index in [1.165, 1.54) is 0 Å². The Morgan fingerprint density at radius 3 is 2.56 bits per heavy atom.